The van der Waals surface area contributed by atoms with E-state index in [2.05, 4.69) is 4.90 Å². The molecular weight excluding hydrogens is 316 g/mol. The Morgan fingerprint density at radius 1 is 1.12 bits per heavy atom. The topological polar surface area (TPSA) is 116 Å². The zero-order valence-corrected chi connectivity index (χ0v) is 14.1. The number of rotatable bonds is 9. The molecule has 0 bridgehead atoms. The number of nitrogen functional groups attached to an aromatic ring is 2. The van der Waals surface area contributed by atoms with Crippen molar-refractivity contribution in [2.45, 2.75) is 19.3 Å². The van der Waals surface area contributed by atoms with E-state index in [4.69, 9.17) is 22.0 Å². The maximum Gasteiger partial charge on any atom is 0.303 e. The van der Waals surface area contributed by atoms with E-state index in [1.165, 1.54) is 5.56 Å². The Labute approximate surface area is 147 Å². The quantitative estimate of drug-likeness (QED) is 0.318. The predicted molar refractivity (Wildman–Crippen MR) is 101 cm³/mol. The Balaban J connectivity index is 2.11. The van der Waals surface area contributed by atoms with Gasteiger partial charge in [0.15, 0.2) is 0 Å². The van der Waals surface area contributed by atoms with Crippen LogP contribution in [0.4, 0.5) is 11.4 Å². The number of hydrogen-bond donors (Lipinski definition) is 4. The van der Waals surface area contributed by atoms with E-state index < -0.39 is 5.97 Å². The minimum atomic E-state index is -0.795. The summed E-state index contributed by atoms with van der Waals surface area (Å²) < 4.78 is 0. The van der Waals surface area contributed by atoms with Gasteiger partial charge in [0, 0.05) is 36.4 Å². The summed E-state index contributed by atoms with van der Waals surface area (Å²) in [5.41, 5.74) is 14.8. The van der Waals surface area contributed by atoms with Gasteiger partial charge in [0.05, 0.1) is 0 Å². The highest BCUT2D eigenvalue weighted by Crippen LogP contribution is 2.18. The van der Waals surface area contributed by atoms with Gasteiger partial charge in [0.25, 0.3) is 0 Å². The molecule has 0 aliphatic rings. The van der Waals surface area contributed by atoms with Crippen molar-refractivity contribution in [1.29, 1.82) is 5.41 Å². The van der Waals surface area contributed by atoms with Crippen molar-refractivity contribution in [1.82, 2.24) is 0 Å². The number of carboxylic acid groups (broad SMARTS) is 1. The third-order valence-corrected chi connectivity index (χ3v) is 3.99. The molecule has 2 rings (SSSR count). The lowest BCUT2D eigenvalue weighted by atomic mass is 10.1. The molecule has 0 atom stereocenters. The molecule has 0 aliphatic carbocycles. The normalized spacial score (nSPS) is 10.4. The molecule has 0 aromatic heterocycles. The average molecular weight is 340 g/mol. The fourth-order valence-corrected chi connectivity index (χ4v) is 2.61. The summed E-state index contributed by atoms with van der Waals surface area (Å²) in [7, 11) is 0. The van der Waals surface area contributed by atoms with E-state index >= 15 is 0 Å². The molecular formula is C19H24N4O2. The molecule has 0 saturated heterocycles. The Kier molecular flexibility index (Phi) is 6.39. The van der Waals surface area contributed by atoms with Crippen LogP contribution in [0.5, 0.6) is 0 Å². The van der Waals surface area contributed by atoms with Crippen molar-refractivity contribution in [2.75, 3.05) is 23.7 Å². The number of aliphatic carboxylic acids is 1. The van der Waals surface area contributed by atoms with E-state index in [1.807, 2.05) is 42.5 Å². The van der Waals surface area contributed by atoms with Crippen LogP contribution >= 0.6 is 0 Å². The molecule has 0 fully saturated rings. The van der Waals surface area contributed by atoms with Crippen LogP contribution < -0.4 is 16.4 Å². The minimum Gasteiger partial charge on any atom is -0.481 e. The molecule has 0 heterocycles. The molecule has 6 N–H and O–H groups in total. The first-order valence-corrected chi connectivity index (χ1v) is 8.21. The summed E-state index contributed by atoms with van der Waals surface area (Å²) in [5, 5.41) is 16.5. The zero-order valence-electron chi connectivity index (χ0n) is 14.1. The number of benzene rings is 2. The third kappa shape index (κ3) is 5.84. The first-order chi connectivity index (χ1) is 12.0. The van der Waals surface area contributed by atoms with Gasteiger partial charge in [0.2, 0.25) is 0 Å². The molecule has 2 aromatic carbocycles. The fraction of sp³-hybridized carbons (Fsp3) is 0.263. The molecule has 6 nitrogen and oxygen atoms in total. The summed E-state index contributed by atoms with van der Waals surface area (Å²) >= 11 is 0. The number of carbonyl (C=O) groups is 1. The summed E-state index contributed by atoms with van der Waals surface area (Å²) in [6.45, 7) is 1.37. The van der Waals surface area contributed by atoms with Gasteiger partial charge in [-0.2, -0.15) is 0 Å². The van der Waals surface area contributed by atoms with Gasteiger partial charge in [-0.3, -0.25) is 10.2 Å². The molecule has 132 valence electrons. The standard InChI is InChI=1S/C19H24N4O2/c20-16-8-6-14(7-9-16)10-12-23(11-2-5-18(24)25)17-4-1-3-15(13-17)19(21)22/h1,3-4,6-9,13H,2,5,10-12,20H2,(H3,21,22)(H,24,25). The number of nitrogens with zero attached hydrogens (tertiary/aromatic N) is 1. The molecule has 25 heavy (non-hydrogen) atoms. The molecule has 0 amide bonds. The summed E-state index contributed by atoms with van der Waals surface area (Å²) in [5.74, 6) is -0.776. The highest BCUT2D eigenvalue weighted by molar-refractivity contribution is 5.95. The monoisotopic (exact) mass is 340 g/mol. The maximum absolute atomic E-state index is 10.8. The van der Waals surface area contributed by atoms with Crippen molar-refractivity contribution in [3.05, 3.63) is 59.7 Å². The van der Waals surface area contributed by atoms with Gasteiger partial charge in [0.1, 0.15) is 5.84 Å². The van der Waals surface area contributed by atoms with Crippen LogP contribution in [0.15, 0.2) is 48.5 Å². The lowest BCUT2D eigenvalue weighted by molar-refractivity contribution is -0.137. The summed E-state index contributed by atoms with van der Waals surface area (Å²) in [6.07, 6.45) is 1.50. The summed E-state index contributed by atoms with van der Waals surface area (Å²) in [6, 6.07) is 15.2. The highest BCUT2D eigenvalue weighted by Gasteiger charge is 2.10. The Morgan fingerprint density at radius 2 is 1.84 bits per heavy atom. The van der Waals surface area contributed by atoms with Gasteiger partial charge in [-0.05, 0) is 42.7 Å². The molecule has 2 aromatic rings. The lowest BCUT2D eigenvalue weighted by Crippen LogP contribution is -2.28. The number of carboxylic acids is 1. The Bertz CT molecular complexity index is 728. The van der Waals surface area contributed by atoms with Gasteiger partial charge in [-0.25, -0.2) is 0 Å². The molecule has 0 unspecified atom stereocenters. The molecule has 0 spiro atoms. The zero-order chi connectivity index (χ0) is 18.2. The molecule has 6 heteroatoms. The van der Waals surface area contributed by atoms with Crippen LogP contribution in [-0.4, -0.2) is 30.0 Å². The van der Waals surface area contributed by atoms with E-state index in [9.17, 15) is 4.79 Å². The van der Waals surface area contributed by atoms with Crippen molar-refractivity contribution >= 4 is 23.2 Å². The summed E-state index contributed by atoms with van der Waals surface area (Å²) in [4.78, 5) is 12.9. The lowest BCUT2D eigenvalue weighted by Gasteiger charge is -2.25. The largest absolute Gasteiger partial charge is 0.481 e. The molecule has 0 radical (unpaired) electrons. The van der Waals surface area contributed by atoms with Crippen LogP contribution in [0.25, 0.3) is 0 Å². The fourth-order valence-electron chi connectivity index (χ4n) is 2.61. The van der Waals surface area contributed by atoms with Gasteiger partial charge in [-0.1, -0.05) is 24.3 Å². The number of anilines is 2. The van der Waals surface area contributed by atoms with Crippen LogP contribution in [0, 0.1) is 5.41 Å². The number of nitrogens with one attached hydrogen (secondary N) is 1. The molecule has 0 saturated carbocycles. The van der Waals surface area contributed by atoms with Crippen LogP contribution in [0.1, 0.15) is 24.0 Å². The number of nitrogens with two attached hydrogens (primary N) is 2. The Hall–Kier alpha value is -3.02. The van der Waals surface area contributed by atoms with Gasteiger partial charge >= 0.3 is 5.97 Å². The van der Waals surface area contributed by atoms with E-state index in [0.717, 1.165) is 24.3 Å². The van der Waals surface area contributed by atoms with Crippen molar-refractivity contribution in [3.8, 4) is 0 Å². The van der Waals surface area contributed by atoms with Crippen molar-refractivity contribution < 1.29 is 9.90 Å². The first kappa shape index (κ1) is 18.3. The average Bonchev–Trinajstić information content (AvgIpc) is 2.59. The first-order valence-electron chi connectivity index (χ1n) is 8.21. The minimum absolute atomic E-state index is 0.0193. The maximum atomic E-state index is 10.8. The highest BCUT2D eigenvalue weighted by atomic mass is 16.4. The predicted octanol–water partition coefficient (Wildman–Crippen LogP) is 2.47. The number of hydrogen-bond acceptors (Lipinski definition) is 4. The van der Waals surface area contributed by atoms with E-state index in [-0.39, 0.29) is 12.3 Å². The molecule has 0 aliphatic heterocycles. The van der Waals surface area contributed by atoms with Crippen molar-refractivity contribution in [3.63, 3.8) is 0 Å². The van der Waals surface area contributed by atoms with Crippen LogP contribution in [0.2, 0.25) is 0 Å². The van der Waals surface area contributed by atoms with Crippen molar-refractivity contribution in [2.24, 2.45) is 5.73 Å². The number of amidine groups is 1. The van der Waals surface area contributed by atoms with E-state index in [1.54, 1.807) is 6.07 Å². The van der Waals surface area contributed by atoms with Crippen LogP contribution in [0.3, 0.4) is 0 Å². The smallest absolute Gasteiger partial charge is 0.303 e. The Morgan fingerprint density at radius 3 is 2.48 bits per heavy atom. The second-order valence-electron chi connectivity index (χ2n) is 5.94. The van der Waals surface area contributed by atoms with E-state index in [0.29, 0.717) is 18.5 Å². The van der Waals surface area contributed by atoms with Gasteiger partial charge in [-0.15, -0.1) is 0 Å². The van der Waals surface area contributed by atoms with Gasteiger partial charge < -0.3 is 21.5 Å². The second-order valence-corrected chi connectivity index (χ2v) is 5.94. The third-order valence-electron chi connectivity index (χ3n) is 3.99. The second kappa shape index (κ2) is 8.73. The van der Waals surface area contributed by atoms with Crippen LogP contribution in [-0.2, 0) is 11.2 Å². The SMILES string of the molecule is N=C(N)c1cccc(N(CCCC(=O)O)CCc2ccc(N)cc2)c1.